The van der Waals surface area contributed by atoms with Crippen molar-refractivity contribution in [2.75, 3.05) is 19.6 Å². The molecule has 0 saturated heterocycles. The maximum Gasteiger partial charge on any atom is 0.320 e. The van der Waals surface area contributed by atoms with Crippen LogP contribution in [0.2, 0.25) is 0 Å². The smallest absolute Gasteiger partial charge is 0.320 e. The Labute approximate surface area is 125 Å². The van der Waals surface area contributed by atoms with E-state index in [9.17, 15) is 4.79 Å². The first-order valence-electron chi connectivity index (χ1n) is 8.39. The molecule has 1 saturated carbocycles. The van der Waals surface area contributed by atoms with Crippen LogP contribution in [0.3, 0.4) is 0 Å². The molecular weight excluding hydrogens is 250 g/mol. The van der Waals surface area contributed by atoms with Crippen LogP contribution in [0.1, 0.15) is 60.3 Å². The third-order valence-corrected chi connectivity index (χ3v) is 4.58. The number of likely N-dealkylation sites (N-methyl/N-ethyl adjacent to an activating group) is 1. The second kappa shape index (κ2) is 8.66. The van der Waals surface area contributed by atoms with E-state index in [-0.39, 0.29) is 12.1 Å². The molecule has 1 aliphatic rings. The van der Waals surface area contributed by atoms with Crippen molar-refractivity contribution >= 4 is 5.97 Å². The van der Waals surface area contributed by atoms with Gasteiger partial charge >= 0.3 is 5.97 Å². The third-order valence-electron chi connectivity index (χ3n) is 4.58. The average Bonchev–Trinajstić information content (AvgIpc) is 2.37. The van der Waals surface area contributed by atoms with Crippen molar-refractivity contribution < 1.29 is 9.53 Å². The molecule has 0 bridgehead atoms. The Morgan fingerprint density at radius 2 is 2.00 bits per heavy atom. The largest absolute Gasteiger partial charge is 0.461 e. The van der Waals surface area contributed by atoms with Crippen LogP contribution in [0, 0.1) is 17.8 Å². The summed E-state index contributed by atoms with van der Waals surface area (Å²) in [4.78, 5) is 14.3. The zero-order chi connectivity index (χ0) is 15.1. The zero-order valence-electron chi connectivity index (χ0n) is 14.0. The van der Waals surface area contributed by atoms with Gasteiger partial charge in [-0.15, -0.1) is 0 Å². The first kappa shape index (κ1) is 17.5. The van der Waals surface area contributed by atoms with Crippen LogP contribution in [0.4, 0.5) is 0 Å². The Hall–Kier alpha value is -0.570. The number of esters is 1. The third kappa shape index (κ3) is 5.43. The number of hydrogen-bond acceptors (Lipinski definition) is 3. The maximum atomic E-state index is 12.2. The zero-order valence-corrected chi connectivity index (χ0v) is 14.0. The predicted molar refractivity (Wildman–Crippen MR) is 83.6 cm³/mol. The summed E-state index contributed by atoms with van der Waals surface area (Å²) in [5.74, 6) is 1.78. The van der Waals surface area contributed by atoms with E-state index < -0.39 is 0 Å². The molecule has 0 heterocycles. The highest BCUT2D eigenvalue weighted by atomic mass is 16.5. The van der Waals surface area contributed by atoms with Crippen molar-refractivity contribution in [3.8, 4) is 0 Å². The molecule has 0 aromatic heterocycles. The van der Waals surface area contributed by atoms with Gasteiger partial charge in [-0.25, -0.2) is 0 Å². The number of nitrogens with zero attached hydrogens (tertiary/aromatic N) is 1. The summed E-state index contributed by atoms with van der Waals surface area (Å²) in [7, 11) is 0. The molecule has 1 aliphatic carbocycles. The normalized spacial score (nSPS) is 27.1. The van der Waals surface area contributed by atoms with Crippen molar-refractivity contribution in [1.29, 1.82) is 0 Å². The van der Waals surface area contributed by atoms with Gasteiger partial charge in [0.05, 0.1) is 6.54 Å². The second-order valence-electron chi connectivity index (χ2n) is 6.72. The summed E-state index contributed by atoms with van der Waals surface area (Å²) in [5, 5.41) is 0. The highest BCUT2D eigenvalue weighted by Gasteiger charge is 2.33. The first-order valence-corrected chi connectivity index (χ1v) is 8.39. The lowest BCUT2D eigenvalue weighted by atomic mass is 9.75. The Morgan fingerprint density at radius 3 is 2.55 bits per heavy atom. The highest BCUT2D eigenvalue weighted by molar-refractivity contribution is 5.71. The minimum Gasteiger partial charge on any atom is -0.461 e. The molecule has 3 heteroatoms. The summed E-state index contributed by atoms with van der Waals surface area (Å²) in [6.45, 7) is 13.3. The number of carbonyl (C=O) groups is 1. The van der Waals surface area contributed by atoms with E-state index in [1.54, 1.807) is 0 Å². The van der Waals surface area contributed by atoms with E-state index >= 15 is 0 Å². The molecule has 0 aliphatic heterocycles. The summed E-state index contributed by atoms with van der Waals surface area (Å²) in [5.41, 5.74) is 0. The fourth-order valence-electron chi connectivity index (χ4n) is 3.30. The van der Waals surface area contributed by atoms with Gasteiger partial charge in [0.1, 0.15) is 6.10 Å². The lowest BCUT2D eigenvalue weighted by Gasteiger charge is -2.37. The topological polar surface area (TPSA) is 29.5 Å². The van der Waals surface area contributed by atoms with E-state index in [0.29, 0.717) is 24.3 Å². The molecule has 0 unspecified atom stereocenters. The van der Waals surface area contributed by atoms with Crippen LogP contribution in [0.15, 0.2) is 0 Å². The van der Waals surface area contributed by atoms with Crippen molar-refractivity contribution in [3.05, 3.63) is 0 Å². The molecule has 0 amide bonds. The van der Waals surface area contributed by atoms with Gasteiger partial charge in [0.2, 0.25) is 0 Å². The van der Waals surface area contributed by atoms with Crippen molar-refractivity contribution in [2.45, 2.75) is 66.4 Å². The molecule has 0 aromatic rings. The lowest BCUT2D eigenvalue weighted by molar-refractivity contribution is -0.157. The summed E-state index contributed by atoms with van der Waals surface area (Å²) < 4.78 is 5.83. The van der Waals surface area contributed by atoms with E-state index in [1.807, 2.05) is 0 Å². The molecule has 0 aromatic carbocycles. The maximum absolute atomic E-state index is 12.2. The molecule has 3 atom stereocenters. The van der Waals surface area contributed by atoms with Gasteiger partial charge in [-0.3, -0.25) is 9.69 Å². The molecule has 1 fully saturated rings. The standard InChI is InChI=1S/C17H33NO2/c1-6-10-18(7-2)12-17(19)20-16-11-14(5)8-9-15(16)13(3)4/h13-16H,6-12H2,1-5H3/t14-,15+,16-/m1/s1. The van der Waals surface area contributed by atoms with Crippen molar-refractivity contribution in [1.82, 2.24) is 4.90 Å². The van der Waals surface area contributed by atoms with Crippen LogP contribution in [-0.4, -0.2) is 36.6 Å². The number of ether oxygens (including phenoxy) is 1. The van der Waals surface area contributed by atoms with E-state index in [2.05, 4.69) is 39.5 Å². The van der Waals surface area contributed by atoms with Gasteiger partial charge in [0, 0.05) is 0 Å². The molecular formula is C17H33NO2. The van der Waals surface area contributed by atoms with E-state index in [1.165, 1.54) is 12.8 Å². The van der Waals surface area contributed by atoms with Crippen LogP contribution in [0.5, 0.6) is 0 Å². The predicted octanol–water partition coefficient (Wildman–Crippen LogP) is 3.72. The van der Waals surface area contributed by atoms with Crippen LogP contribution < -0.4 is 0 Å². The molecule has 0 N–H and O–H groups in total. The molecule has 20 heavy (non-hydrogen) atoms. The highest BCUT2D eigenvalue weighted by Crippen LogP contribution is 2.35. The van der Waals surface area contributed by atoms with Gasteiger partial charge in [0.25, 0.3) is 0 Å². The second-order valence-corrected chi connectivity index (χ2v) is 6.72. The van der Waals surface area contributed by atoms with Crippen molar-refractivity contribution in [2.24, 2.45) is 17.8 Å². The Bertz CT molecular complexity index is 291. The van der Waals surface area contributed by atoms with Crippen LogP contribution >= 0.6 is 0 Å². The molecule has 118 valence electrons. The molecule has 3 nitrogen and oxygen atoms in total. The monoisotopic (exact) mass is 283 g/mol. The Morgan fingerprint density at radius 1 is 1.30 bits per heavy atom. The lowest BCUT2D eigenvalue weighted by Crippen LogP contribution is -2.39. The summed E-state index contributed by atoms with van der Waals surface area (Å²) in [6.07, 6.45) is 4.72. The quantitative estimate of drug-likeness (QED) is 0.667. The van der Waals surface area contributed by atoms with E-state index in [4.69, 9.17) is 4.74 Å². The van der Waals surface area contributed by atoms with Gasteiger partial charge in [0.15, 0.2) is 0 Å². The Kier molecular flexibility index (Phi) is 7.57. The molecule has 0 spiro atoms. The summed E-state index contributed by atoms with van der Waals surface area (Å²) in [6, 6.07) is 0. The molecule has 1 rings (SSSR count). The van der Waals surface area contributed by atoms with E-state index in [0.717, 1.165) is 25.9 Å². The van der Waals surface area contributed by atoms with Crippen LogP contribution in [-0.2, 0) is 9.53 Å². The minimum atomic E-state index is -0.0370. The molecule has 0 radical (unpaired) electrons. The van der Waals surface area contributed by atoms with Gasteiger partial charge in [-0.1, -0.05) is 41.0 Å². The van der Waals surface area contributed by atoms with Crippen LogP contribution in [0.25, 0.3) is 0 Å². The number of carbonyl (C=O) groups excluding carboxylic acids is 1. The number of rotatable bonds is 7. The average molecular weight is 283 g/mol. The minimum absolute atomic E-state index is 0.0370. The van der Waals surface area contributed by atoms with Gasteiger partial charge in [-0.2, -0.15) is 0 Å². The number of hydrogen-bond donors (Lipinski definition) is 0. The first-order chi connectivity index (χ1) is 9.47. The van der Waals surface area contributed by atoms with Gasteiger partial charge in [-0.05, 0) is 50.1 Å². The Balaban J connectivity index is 2.52. The fraction of sp³-hybridized carbons (Fsp3) is 0.941. The SMILES string of the molecule is CCCN(CC)CC(=O)O[C@@H]1C[C@H](C)CC[C@H]1C(C)C. The van der Waals surface area contributed by atoms with Crippen molar-refractivity contribution in [3.63, 3.8) is 0 Å². The van der Waals surface area contributed by atoms with Gasteiger partial charge < -0.3 is 4.74 Å². The fourth-order valence-corrected chi connectivity index (χ4v) is 3.30. The summed E-state index contributed by atoms with van der Waals surface area (Å²) >= 11 is 0.